The Morgan fingerprint density at radius 1 is 0.689 bits per heavy atom. The predicted octanol–water partition coefficient (Wildman–Crippen LogP) is 8.11. The number of phenolic OH excluding ortho intramolecular Hbond substituents is 1. The van der Waals surface area contributed by atoms with Crippen LogP contribution in [0.25, 0.3) is 11.1 Å². The van der Waals surface area contributed by atoms with E-state index in [9.17, 15) is 5.11 Å². The number of rotatable bonds is 10. The van der Waals surface area contributed by atoms with Crippen LogP contribution in [0.4, 0.5) is 0 Å². The van der Waals surface area contributed by atoms with Crippen molar-refractivity contribution in [2.24, 2.45) is 0 Å². The fourth-order valence-corrected chi connectivity index (χ4v) is 6.73. The third-order valence-corrected chi connectivity index (χ3v) is 8.99. The van der Waals surface area contributed by atoms with Crippen molar-refractivity contribution >= 4 is 0 Å². The van der Waals surface area contributed by atoms with E-state index in [4.69, 9.17) is 14.2 Å². The molecule has 0 spiro atoms. The second kappa shape index (κ2) is 13.3. The van der Waals surface area contributed by atoms with E-state index in [0.717, 1.165) is 59.4 Å². The van der Waals surface area contributed by atoms with Gasteiger partial charge in [-0.1, -0.05) is 103 Å². The summed E-state index contributed by atoms with van der Waals surface area (Å²) in [5, 5.41) is 10.6. The second-order valence-corrected chi connectivity index (χ2v) is 11.8. The highest BCUT2D eigenvalue weighted by atomic mass is 16.7. The first kappa shape index (κ1) is 29.3. The molecular formula is C40H39NO4. The SMILES string of the molecule is Oc1ccc(CCN2CCCC2)c(-c2ccc(OC(c3ccccc3)(c3ccccc3)c3ccccc3)c(C3OCCO3)c2)c1. The highest BCUT2D eigenvalue weighted by Gasteiger charge is 2.40. The van der Waals surface area contributed by atoms with Crippen LogP contribution in [0.3, 0.4) is 0 Å². The number of hydrogen-bond donors (Lipinski definition) is 1. The van der Waals surface area contributed by atoms with Gasteiger partial charge in [0.1, 0.15) is 11.5 Å². The average molecular weight is 598 g/mol. The molecule has 5 heteroatoms. The highest BCUT2D eigenvalue weighted by molar-refractivity contribution is 5.71. The topological polar surface area (TPSA) is 51.2 Å². The number of aromatic hydroxyl groups is 1. The van der Waals surface area contributed by atoms with Gasteiger partial charge < -0.3 is 24.2 Å². The highest BCUT2D eigenvalue weighted by Crippen LogP contribution is 2.45. The van der Waals surface area contributed by atoms with Crippen molar-refractivity contribution in [3.63, 3.8) is 0 Å². The normalized spacial score (nSPS) is 15.8. The second-order valence-electron chi connectivity index (χ2n) is 11.8. The van der Waals surface area contributed by atoms with Crippen LogP contribution in [0.2, 0.25) is 0 Å². The van der Waals surface area contributed by atoms with Crippen LogP contribution in [0.1, 0.15) is 46.9 Å². The zero-order valence-electron chi connectivity index (χ0n) is 25.5. The van der Waals surface area contributed by atoms with Crippen molar-refractivity contribution in [1.82, 2.24) is 4.90 Å². The van der Waals surface area contributed by atoms with E-state index in [-0.39, 0.29) is 5.75 Å². The maximum atomic E-state index is 10.6. The Morgan fingerprint density at radius 3 is 1.84 bits per heavy atom. The molecule has 0 radical (unpaired) electrons. The lowest BCUT2D eigenvalue weighted by Gasteiger charge is -2.37. The summed E-state index contributed by atoms with van der Waals surface area (Å²) >= 11 is 0. The molecule has 1 N–H and O–H groups in total. The van der Waals surface area contributed by atoms with Gasteiger partial charge in [0.25, 0.3) is 0 Å². The van der Waals surface area contributed by atoms with Gasteiger partial charge in [-0.25, -0.2) is 0 Å². The molecule has 5 aromatic rings. The van der Waals surface area contributed by atoms with Crippen LogP contribution in [-0.2, 0) is 21.5 Å². The summed E-state index contributed by atoms with van der Waals surface area (Å²) < 4.78 is 19.6. The minimum atomic E-state index is -0.940. The molecule has 7 rings (SSSR count). The lowest BCUT2D eigenvalue weighted by atomic mass is 9.80. The molecular weight excluding hydrogens is 558 g/mol. The molecule has 2 heterocycles. The van der Waals surface area contributed by atoms with Gasteiger partial charge in [-0.15, -0.1) is 0 Å². The summed E-state index contributed by atoms with van der Waals surface area (Å²) in [5.41, 5.74) is 6.15. The number of hydrogen-bond acceptors (Lipinski definition) is 5. The van der Waals surface area contributed by atoms with Crippen molar-refractivity contribution in [2.75, 3.05) is 32.8 Å². The van der Waals surface area contributed by atoms with Crippen molar-refractivity contribution in [2.45, 2.75) is 31.2 Å². The maximum absolute atomic E-state index is 10.6. The third kappa shape index (κ3) is 6.12. The first-order chi connectivity index (χ1) is 22.2. The Hall–Kier alpha value is -4.42. The lowest BCUT2D eigenvalue weighted by molar-refractivity contribution is -0.0469. The van der Waals surface area contributed by atoms with Crippen LogP contribution in [-0.4, -0.2) is 42.9 Å². The number of ether oxygens (including phenoxy) is 3. The van der Waals surface area contributed by atoms with Gasteiger partial charge in [-0.3, -0.25) is 0 Å². The Kier molecular flexibility index (Phi) is 8.65. The van der Waals surface area contributed by atoms with Crippen LogP contribution in [0, 0.1) is 0 Å². The quantitative estimate of drug-likeness (QED) is 0.165. The van der Waals surface area contributed by atoms with Crippen molar-refractivity contribution < 1.29 is 19.3 Å². The van der Waals surface area contributed by atoms with E-state index in [1.165, 1.54) is 18.4 Å². The van der Waals surface area contributed by atoms with Crippen LogP contribution < -0.4 is 4.74 Å². The van der Waals surface area contributed by atoms with E-state index in [2.05, 4.69) is 95.9 Å². The summed E-state index contributed by atoms with van der Waals surface area (Å²) in [6.45, 7) is 4.36. The summed E-state index contributed by atoms with van der Waals surface area (Å²) in [6, 6.07) is 43.1. The molecule has 2 aliphatic rings. The number of benzene rings is 5. The summed E-state index contributed by atoms with van der Waals surface area (Å²) in [7, 11) is 0. The Bertz CT molecular complexity index is 1600. The smallest absolute Gasteiger partial charge is 0.187 e. The van der Waals surface area contributed by atoms with Crippen LogP contribution >= 0.6 is 0 Å². The Labute approximate surface area is 265 Å². The molecule has 0 saturated carbocycles. The fraction of sp³-hybridized carbons (Fsp3) is 0.250. The van der Waals surface area contributed by atoms with Gasteiger partial charge in [-0.05, 0) is 73.3 Å². The predicted molar refractivity (Wildman–Crippen MR) is 177 cm³/mol. The molecule has 2 fully saturated rings. The van der Waals surface area contributed by atoms with E-state index in [0.29, 0.717) is 19.0 Å². The maximum Gasteiger partial charge on any atom is 0.187 e. The molecule has 0 atom stereocenters. The molecule has 5 nitrogen and oxygen atoms in total. The number of nitrogens with zero attached hydrogens (tertiary/aromatic N) is 1. The molecule has 2 saturated heterocycles. The average Bonchev–Trinajstić information content (AvgIpc) is 3.84. The zero-order valence-corrected chi connectivity index (χ0v) is 25.5. The van der Waals surface area contributed by atoms with Gasteiger partial charge in [0.05, 0.1) is 18.8 Å². The largest absolute Gasteiger partial charge is 0.508 e. The summed E-state index contributed by atoms with van der Waals surface area (Å²) in [4.78, 5) is 2.52. The molecule has 5 aromatic carbocycles. The first-order valence-electron chi connectivity index (χ1n) is 16.0. The van der Waals surface area contributed by atoms with Crippen LogP contribution in [0.15, 0.2) is 127 Å². The summed E-state index contributed by atoms with van der Waals surface area (Å²) in [6.07, 6.45) is 2.89. The zero-order chi connectivity index (χ0) is 30.5. The minimum absolute atomic E-state index is 0.251. The molecule has 0 amide bonds. The van der Waals surface area contributed by atoms with Crippen molar-refractivity contribution in [3.05, 3.63) is 155 Å². The molecule has 0 aliphatic carbocycles. The van der Waals surface area contributed by atoms with Crippen molar-refractivity contribution in [1.29, 1.82) is 0 Å². The Balaban J connectivity index is 1.36. The molecule has 45 heavy (non-hydrogen) atoms. The Morgan fingerprint density at radius 2 is 1.27 bits per heavy atom. The van der Waals surface area contributed by atoms with Gasteiger partial charge in [0, 0.05) is 23.2 Å². The monoisotopic (exact) mass is 597 g/mol. The summed E-state index contributed by atoms with van der Waals surface area (Å²) in [5.74, 6) is 0.933. The van der Waals surface area contributed by atoms with Gasteiger partial charge in [0.2, 0.25) is 0 Å². The fourth-order valence-electron chi connectivity index (χ4n) is 6.73. The standard InChI is InChI=1S/C40H39NO4/c42-35-20-18-30(22-25-41-23-10-11-24-41)36(29-35)31-19-21-38(37(28-31)39-43-26-27-44-39)45-40(32-12-4-1-5-13-32,33-14-6-2-7-15-33)34-16-8-3-9-17-34/h1-9,12-21,28-29,39,42H,10-11,22-27H2. The van der Waals surface area contributed by atoms with E-state index in [1.807, 2.05) is 30.3 Å². The molecule has 2 aliphatic heterocycles. The van der Waals surface area contributed by atoms with Crippen LogP contribution in [0.5, 0.6) is 11.5 Å². The van der Waals surface area contributed by atoms with E-state index >= 15 is 0 Å². The minimum Gasteiger partial charge on any atom is -0.508 e. The third-order valence-electron chi connectivity index (χ3n) is 8.99. The number of likely N-dealkylation sites (tertiary alicyclic amines) is 1. The van der Waals surface area contributed by atoms with Gasteiger partial charge in [-0.2, -0.15) is 0 Å². The van der Waals surface area contributed by atoms with Gasteiger partial charge in [0.15, 0.2) is 11.9 Å². The molecule has 0 bridgehead atoms. The van der Waals surface area contributed by atoms with E-state index < -0.39 is 11.9 Å². The van der Waals surface area contributed by atoms with Crippen molar-refractivity contribution in [3.8, 4) is 22.6 Å². The number of phenols is 1. The van der Waals surface area contributed by atoms with E-state index in [1.54, 1.807) is 6.07 Å². The first-order valence-corrected chi connectivity index (χ1v) is 16.0. The molecule has 0 unspecified atom stereocenters. The molecule has 228 valence electrons. The lowest BCUT2D eigenvalue weighted by Crippen LogP contribution is -2.36. The molecule has 0 aromatic heterocycles. The van der Waals surface area contributed by atoms with Gasteiger partial charge >= 0.3 is 0 Å².